The van der Waals surface area contributed by atoms with Gasteiger partial charge in [0.05, 0.1) is 31.3 Å². The molecule has 0 spiro atoms. The van der Waals surface area contributed by atoms with Crippen LogP contribution in [0.4, 0.5) is 5.82 Å². The number of nitrogens with zero attached hydrogens (tertiary/aromatic N) is 5. The summed E-state index contributed by atoms with van der Waals surface area (Å²) in [6.07, 6.45) is 5.77. The molecular formula is C18H23N5O2. The number of carbonyl (C=O) groups is 1. The van der Waals surface area contributed by atoms with Crippen molar-refractivity contribution in [3.8, 4) is 12.1 Å². The van der Waals surface area contributed by atoms with Crippen molar-refractivity contribution in [1.29, 1.82) is 5.26 Å². The molecule has 1 amide bonds. The number of rotatable bonds is 4. The van der Waals surface area contributed by atoms with Crippen LogP contribution < -0.4 is 9.64 Å². The molecule has 1 saturated heterocycles. The van der Waals surface area contributed by atoms with Crippen molar-refractivity contribution in [3.63, 3.8) is 0 Å². The van der Waals surface area contributed by atoms with E-state index in [-0.39, 0.29) is 11.9 Å². The van der Waals surface area contributed by atoms with E-state index in [0.29, 0.717) is 32.1 Å². The van der Waals surface area contributed by atoms with Crippen molar-refractivity contribution in [3.05, 3.63) is 23.9 Å². The Hall–Kier alpha value is -2.62. The number of hydrogen-bond donors (Lipinski definition) is 0. The van der Waals surface area contributed by atoms with Crippen LogP contribution in [0.2, 0.25) is 0 Å². The fourth-order valence-electron chi connectivity index (χ4n) is 3.64. The SMILES string of the molecule is C=CC(=O)N1CCN(c2nc(OC)nc3c2CCCC3)CC1CC#N. The first-order valence-corrected chi connectivity index (χ1v) is 8.66. The molecule has 1 fully saturated rings. The molecule has 7 nitrogen and oxygen atoms in total. The normalized spacial score (nSPS) is 19.8. The Morgan fingerprint density at radius 3 is 2.92 bits per heavy atom. The standard InChI is InChI=1S/C18H23N5O2/c1-3-16(24)23-11-10-22(12-13(23)8-9-19)17-14-6-4-5-7-15(14)20-18(21-17)25-2/h3,13H,1,4-8,10-12H2,2H3. The number of anilines is 1. The molecule has 2 aliphatic rings. The Balaban J connectivity index is 1.91. The lowest BCUT2D eigenvalue weighted by atomic mass is 9.95. The summed E-state index contributed by atoms with van der Waals surface area (Å²) in [5, 5.41) is 9.14. The van der Waals surface area contributed by atoms with Crippen LogP contribution in [0.3, 0.4) is 0 Å². The summed E-state index contributed by atoms with van der Waals surface area (Å²) in [6.45, 7) is 5.37. The highest BCUT2D eigenvalue weighted by Gasteiger charge is 2.32. The Labute approximate surface area is 147 Å². The summed E-state index contributed by atoms with van der Waals surface area (Å²) >= 11 is 0. The van der Waals surface area contributed by atoms with Gasteiger partial charge >= 0.3 is 6.01 Å². The van der Waals surface area contributed by atoms with Crippen LogP contribution in [-0.4, -0.2) is 53.6 Å². The molecule has 7 heteroatoms. The van der Waals surface area contributed by atoms with Gasteiger partial charge < -0.3 is 14.5 Å². The molecule has 1 atom stereocenters. The summed E-state index contributed by atoms with van der Waals surface area (Å²) in [5.41, 5.74) is 2.25. The smallest absolute Gasteiger partial charge is 0.318 e. The first-order valence-electron chi connectivity index (χ1n) is 8.66. The van der Waals surface area contributed by atoms with Gasteiger partial charge in [0.25, 0.3) is 0 Å². The number of aromatic nitrogens is 2. The van der Waals surface area contributed by atoms with Crippen LogP contribution in [0.1, 0.15) is 30.5 Å². The van der Waals surface area contributed by atoms with Crippen molar-refractivity contribution >= 4 is 11.7 Å². The lowest BCUT2D eigenvalue weighted by Crippen LogP contribution is -2.55. The minimum absolute atomic E-state index is 0.123. The molecule has 1 aliphatic carbocycles. The van der Waals surface area contributed by atoms with Crippen LogP contribution in [0.15, 0.2) is 12.7 Å². The third kappa shape index (κ3) is 3.43. The summed E-state index contributed by atoms with van der Waals surface area (Å²) in [7, 11) is 1.58. The summed E-state index contributed by atoms with van der Waals surface area (Å²) in [6, 6.07) is 2.41. The van der Waals surface area contributed by atoms with E-state index < -0.39 is 0 Å². The molecule has 1 aliphatic heterocycles. The zero-order valence-corrected chi connectivity index (χ0v) is 14.6. The Bertz CT molecular complexity index is 712. The largest absolute Gasteiger partial charge is 0.467 e. The van der Waals surface area contributed by atoms with Crippen molar-refractivity contribution in [2.75, 3.05) is 31.6 Å². The molecule has 0 radical (unpaired) electrons. The lowest BCUT2D eigenvalue weighted by Gasteiger charge is -2.41. The van der Waals surface area contributed by atoms with E-state index in [9.17, 15) is 4.79 Å². The molecule has 0 N–H and O–H groups in total. The van der Waals surface area contributed by atoms with Crippen molar-refractivity contribution in [1.82, 2.24) is 14.9 Å². The van der Waals surface area contributed by atoms with E-state index in [1.165, 1.54) is 11.6 Å². The van der Waals surface area contributed by atoms with Crippen LogP contribution in [-0.2, 0) is 17.6 Å². The molecule has 25 heavy (non-hydrogen) atoms. The van der Waals surface area contributed by atoms with Gasteiger partial charge in [0, 0.05) is 25.2 Å². The van der Waals surface area contributed by atoms with E-state index in [1.54, 1.807) is 12.0 Å². The van der Waals surface area contributed by atoms with Crippen LogP contribution in [0, 0.1) is 11.3 Å². The molecule has 1 unspecified atom stereocenters. The Morgan fingerprint density at radius 1 is 1.40 bits per heavy atom. The monoisotopic (exact) mass is 341 g/mol. The number of fused-ring (bicyclic) bond motifs is 1. The minimum Gasteiger partial charge on any atom is -0.467 e. The van der Waals surface area contributed by atoms with Gasteiger partial charge in [-0.15, -0.1) is 0 Å². The van der Waals surface area contributed by atoms with Crippen molar-refractivity contribution in [2.45, 2.75) is 38.1 Å². The van der Waals surface area contributed by atoms with Crippen LogP contribution in [0.5, 0.6) is 6.01 Å². The maximum atomic E-state index is 12.1. The lowest BCUT2D eigenvalue weighted by molar-refractivity contribution is -0.128. The van der Waals surface area contributed by atoms with Gasteiger partial charge in [-0.1, -0.05) is 6.58 Å². The predicted molar refractivity (Wildman–Crippen MR) is 93.4 cm³/mol. The molecule has 0 saturated carbocycles. The number of ether oxygens (including phenoxy) is 1. The molecular weight excluding hydrogens is 318 g/mol. The molecule has 0 aromatic carbocycles. The third-order valence-corrected chi connectivity index (χ3v) is 4.89. The van der Waals surface area contributed by atoms with E-state index in [0.717, 1.165) is 37.2 Å². The number of nitriles is 1. The quantitative estimate of drug-likeness (QED) is 0.772. The minimum atomic E-state index is -0.163. The van der Waals surface area contributed by atoms with Crippen LogP contribution in [0.25, 0.3) is 0 Å². The summed E-state index contributed by atoms with van der Waals surface area (Å²) in [5.74, 6) is 0.775. The van der Waals surface area contributed by atoms with Gasteiger partial charge in [0.1, 0.15) is 5.82 Å². The van der Waals surface area contributed by atoms with Gasteiger partial charge in [0.2, 0.25) is 5.91 Å². The average Bonchev–Trinajstić information content (AvgIpc) is 2.66. The molecule has 3 rings (SSSR count). The fourth-order valence-corrected chi connectivity index (χ4v) is 3.64. The topological polar surface area (TPSA) is 82.3 Å². The molecule has 2 heterocycles. The molecule has 1 aromatic heterocycles. The van der Waals surface area contributed by atoms with Gasteiger partial charge in [0.15, 0.2) is 0 Å². The fraction of sp³-hybridized carbons (Fsp3) is 0.556. The first kappa shape index (κ1) is 17.2. The van der Waals surface area contributed by atoms with E-state index in [4.69, 9.17) is 10.00 Å². The number of amides is 1. The second kappa shape index (κ2) is 7.51. The zero-order chi connectivity index (χ0) is 17.8. The molecule has 0 bridgehead atoms. The van der Waals surface area contributed by atoms with Crippen molar-refractivity contribution < 1.29 is 9.53 Å². The molecule has 1 aromatic rings. The summed E-state index contributed by atoms with van der Waals surface area (Å²) < 4.78 is 5.28. The second-order valence-electron chi connectivity index (χ2n) is 6.36. The van der Waals surface area contributed by atoms with E-state index in [1.807, 2.05) is 0 Å². The van der Waals surface area contributed by atoms with Crippen molar-refractivity contribution in [2.24, 2.45) is 0 Å². The summed E-state index contributed by atoms with van der Waals surface area (Å²) in [4.78, 5) is 25.1. The maximum absolute atomic E-state index is 12.1. The second-order valence-corrected chi connectivity index (χ2v) is 6.36. The first-order chi connectivity index (χ1) is 12.2. The zero-order valence-electron chi connectivity index (χ0n) is 14.6. The number of hydrogen-bond acceptors (Lipinski definition) is 6. The van der Waals surface area contributed by atoms with Gasteiger partial charge in [-0.05, 0) is 31.8 Å². The third-order valence-electron chi connectivity index (χ3n) is 4.89. The Morgan fingerprint density at radius 2 is 2.20 bits per heavy atom. The van der Waals surface area contributed by atoms with Crippen LogP contribution >= 0.6 is 0 Å². The highest BCUT2D eigenvalue weighted by Crippen LogP contribution is 2.31. The number of carbonyl (C=O) groups excluding carboxylic acids is 1. The van der Waals surface area contributed by atoms with Gasteiger partial charge in [-0.25, -0.2) is 0 Å². The maximum Gasteiger partial charge on any atom is 0.318 e. The van der Waals surface area contributed by atoms with E-state index >= 15 is 0 Å². The number of methoxy groups -OCH3 is 1. The highest BCUT2D eigenvalue weighted by atomic mass is 16.5. The van der Waals surface area contributed by atoms with Gasteiger partial charge in [-0.3, -0.25) is 4.79 Å². The molecule has 132 valence electrons. The van der Waals surface area contributed by atoms with Gasteiger partial charge in [-0.2, -0.15) is 15.2 Å². The predicted octanol–water partition coefficient (Wildman–Crippen LogP) is 1.48. The van der Waals surface area contributed by atoms with E-state index in [2.05, 4.69) is 27.5 Å². The number of aryl methyl sites for hydroxylation is 1. The average molecular weight is 341 g/mol. The Kier molecular flexibility index (Phi) is 5.17. The number of piperazine rings is 1. The highest BCUT2D eigenvalue weighted by molar-refractivity contribution is 5.87.